The van der Waals surface area contributed by atoms with Gasteiger partial charge in [-0.15, -0.1) is 0 Å². The standard InChI is InChI=1S/C31H31N3O3/c1-19-13-14-32-26(15-19)34-30(36)27-20(2)33-24-17-31(3,4)18-25(35)29(24)28(27)21-9-8-12-23(16-21)37-22-10-6-5-7-11-22/h5-16,27-28H,17-18H2,1-4H3,(H,32,34,36)/t27?,28-/m1/s1. The Labute approximate surface area is 217 Å². The van der Waals surface area contributed by atoms with Crippen LogP contribution in [0.5, 0.6) is 11.5 Å². The summed E-state index contributed by atoms with van der Waals surface area (Å²) in [6.07, 6.45) is 2.78. The van der Waals surface area contributed by atoms with E-state index in [1.807, 2.05) is 80.6 Å². The zero-order valence-corrected chi connectivity index (χ0v) is 21.6. The third kappa shape index (κ3) is 5.24. The van der Waals surface area contributed by atoms with Crippen molar-refractivity contribution in [2.45, 2.75) is 46.5 Å². The van der Waals surface area contributed by atoms with E-state index in [9.17, 15) is 9.59 Å². The number of pyridine rings is 1. The number of para-hydroxylation sites is 1. The van der Waals surface area contributed by atoms with Crippen LogP contribution in [0.2, 0.25) is 0 Å². The Balaban J connectivity index is 1.57. The first-order valence-corrected chi connectivity index (χ1v) is 12.6. The molecule has 0 spiro atoms. The number of aromatic nitrogens is 1. The van der Waals surface area contributed by atoms with Crippen molar-refractivity contribution in [1.29, 1.82) is 0 Å². The average molecular weight is 494 g/mol. The number of aliphatic imine (C=N–C) groups is 1. The highest BCUT2D eigenvalue weighted by Gasteiger charge is 2.45. The molecule has 2 atom stereocenters. The van der Waals surface area contributed by atoms with Crippen LogP contribution in [0.3, 0.4) is 0 Å². The van der Waals surface area contributed by atoms with Crippen LogP contribution in [-0.2, 0) is 9.59 Å². The molecule has 2 aliphatic rings. The molecule has 188 valence electrons. The monoisotopic (exact) mass is 493 g/mol. The Bertz CT molecular complexity index is 1420. The lowest BCUT2D eigenvalue weighted by Gasteiger charge is -2.39. The first-order valence-electron chi connectivity index (χ1n) is 12.6. The van der Waals surface area contributed by atoms with Crippen molar-refractivity contribution < 1.29 is 14.3 Å². The number of hydrogen-bond acceptors (Lipinski definition) is 5. The number of ketones is 1. The van der Waals surface area contributed by atoms with Crippen LogP contribution in [0, 0.1) is 18.3 Å². The maximum atomic E-state index is 13.8. The van der Waals surface area contributed by atoms with Gasteiger partial charge in [0.2, 0.25) is 5.91 Å². The number of benzene rings is 2. The second-order valence-corrected chi connectivity index (χ2v) is 10.7. The van der Waals surface area contributed by atoms with E-state index < -0.39 is 11.8 Å². The fourth-order valence-corrected chi connectivity index (χ4v) is 5.35. The predicted octanol–water partition coefficient (Wildman–Crippen LogP) is 6.64. The Kier molecular flexibility index (Phi) is 6.50. The van der Waals surface area contributed by atoms with Crippen LogP contribution in [0.1, 0.15) is 50.7 Å². The number of hydrogen-bond donors (Lipinski definition) is 1. The predicted molar refractivity (Wildman–Crippen MR) is 145 cm³/mol. The molecule has 2 aromatic carbocycles. The Hall–Kier alpha value is -4.06. The van der Waals surface area contributed by atoms with Crippen LogP contribution in [-0.4, -0.2) is 22.4 Å². The lowest BCUT2D eigenvalue weighted by molar-refractivity contribution is -0.119. The van der Waals surface area contributed by atoms with E-state index in [1.165, 1.54) is 0 Å². The minimum atomic E-state index is -0.654. The molecule has 6 nitrogen and oxygen atoms in total. The number of nitrogens with zero attached hydrogens (tertiary/aromatic N) is 2. The van der Waals surface area contributed by atoms with Gasteiger partial charge >= 0.3 is 0 Å². The molecule has 0 saturated heterocycles. The second-order valence-electron chi connectivity index (χ2n) is 10.7. The minimum Gasteiger partial charge on any atom is -0.457 e. The average Bonchev–Trinajstić information content (AvgIpc) is 2.83. The molecule has 0 radical (unpaired) electrons. The lowest BCUT2D eigenvalue weighted by atomic mass is 9.66. The molecule has 3 aromatic rings. The van der Waals surface area contributed by atoms with Crippen LogP contribution in [0.25, 0.3) is 0 Å². The van der Waals surface area contributed by atoms with Gasteiger partial charge in [-0.2, -0.15) is 0 Å². The summed E-state index contributed by atoms with van der Waals surface area (Å²) in [7, 11) is 0. The normalized spacial score (nSPS) is 20.6. The Morgan fingerprint density at radius 2 is 1.73 bits per heavy atom. The van der Waals surface area contributed by atoms with Crippen molar-refractivity contribution in [2.24, 2.45) is 16.3 Å². The first-order chi connectivity index (χ1) is 17.7. The number of carbonyl (C=O) groups excluding carboxylic acids is 2. The molecule has 1 N–H and O–H groups in total. The van der Waals surface area contributed by atoms with Crippen LogP contribution in [0.15, 0.2) is 89.2 Å². The molecule has 1 unspecified atom stereocenters. The fourth-order valence-electron chi connectivity index (χ4n) is 5.35. The van der Waals surface area contributed by atoms with Crippen molar-refractivity contribution in [1.82, 2.24) is 4.98 Å². The van der Waals surface area contributed by atoms with E-state index in [0.717, 1.165) is 22.6 Å². The maximum Gasteiger partial charge on any atom is 0.235 e. The smallest absolute Gasteiger partial charge is 0.235 e. The van der Waals surface area contributed by atoms with Crippen molar-refractivity contribution in [3.63, 3.8) is 0 Å². The summed E-state index contributed by atoms with van der Waals surface area (Å²) >= 11 is 0. The summed E-state index contributed by atoms with van der Waals surface area (Å²) in [5, 5.41) is 2.97. The molecule has 1 aromatic heterocycles. The number of aryl methyl sites for hydroxylation is 1. The SMILES string of the molecule is CC1=NC2=C(C(=O)CC(C)(C)C2)[C@H](c2cccc(Oc3ccccc3)c2)C1C(=O)Nc1cc(C)ccn1. The van der Waals surface area contributed by atoms with Gasteiger partial charge in [0.25, 0.3) is 0 Å². The highest BCUT2D eigenvalue weighted by molar-refractivity contribution is 6.13. The van der Waals surface area contributed by atoms with Crippen molar-refractivity contribution in [3.8, 4) is 11.5 Å². The molecular weight excluding hydrogens is 462 g/mol. The van der Waals surface area contributed by atoms with E-state index in [2.05, 4.69) is 24.1 Å². The zero-order chi connectivity index (χ0) is 26.2. The quantitative estimate of drug-likeness (QED) is 0.432. The van der Waals surface area contributed by atoms with Gasteiger partial charge in [-0.25, -0.2) is 4.98 Å². The molecule has 2 heterocycles. The fraction of sp³-hybridized carbons (Fsp3) is 0.290. The van der Waals surface area contributed by atoms with Gasteiger partial charge in [0, 0.05) is 35.5 Å². The number of nitrogens with one attached hydrogen (secondary N) is 1. The van der Waals surface area contributed by atoms with Gasteiger partial charge in [0.1, 0.15) is 17.3 Å². The van der Waals surface area contributed by atoms with Crippen molar-refractivity contribution >= 4 is 23.2 Å². The highest BCUT2D eigenvalue weighted by Crippen LogP contribution is 2.48. The highest BCUT2D eigenvalue weighted by atomic mass is 16.5. The van der Waals surface area contributed by atoms with Gasteiger partial charge in [-0.3, -0.25) is 14.6 Å². The van der Waals surface area contributed by atoms with Gasteiger partial charge in [-0.05, 0) is 73.2 Å². The van der Waals surface area contributed by atoms with Gasteiger partial charge < -0.3 is 10.1 Å². The third-order valence-electron chi connectivity index (χ3n) is 6.95. The summed E-state index contributed by atoms with van der Waals surface area (Å²) in [6.45, 7) is 8.00. The molecule has 0 bridgehead atoms. The van der Waals surface area contributed by atoms with E-state index in [0.29, 0.717) is 35.7 Å². The first kappa shape index (κ1) is 24.6. The molecule has 1 aliphatic carbocycles. The van der Waals surface area contributed by atoms with Gasteiger partial charge in [0.15, 0.2) is 5.78 Å². The number of anilines is 1. The molecule has 0 saturated carbocycles. The number of allylic oxidation sites excluding steroid dienone is 2. The summed E-state index contributed by atoms with van der Waals surface area (Å²) in [5.41, 5.74) is 3.78. The summed E-state index contributed by atoms with van der Waals surface area (Å²) in [4.78, 5) is 36.5. The van der Waals surface area contributed by atoms with Crippen LogP contribution in [0.4, 0.5) is 5.82 Å². The van der Waals surface area contributed by atoms with E-state index >= 15 is 0 Å². The Morgan fingerprint density at radius 3 is 2.49 bits per heavy atom. The largest absolute Gasteiger partial charge is 0.457 e. The molecular formula is C31H31N3O3. The topological polar surface area (TPSA) is 80.6 Å². The third-order valence-corrected chi connectivity index (χ3v) is 6.95. The van der Waals surface area contributed by atoms with Gasteiger partial charge in [-0.1, -0.05) is 44.2 Å². The number of rotatable bonds is 5. The Morgan fingerprint density at radius 1 is 0.973 bits per heavy atom. The van der Waals surface area contributed by atoms with Crippen LogP contribution >= 0.6 is 0 Å². The number of Topliss-reactive ketones (excluding diaryl/α,β-unsaturated/α-hetero) is 1. The molecule has 6 heteroatoms. The van der Waals surface area contributed by atoms with Crippen LogP contribution < -0.4 is 10.1 Å². The minimum absolute atomic E-state index is 0.0494. The number of ether oxygens (including phenoxy) is 1. The molecule has 1 amide bonds. The second kappa shape index (κ2) is 9.77. The zero-order valence-electron chi connectivity index (χ0n) is 21.6. The molecule has 37 heavy (non-hydrogen) atoms. The van der Waals surface area contributed by atoms with Crippen molar-refractivity contribution in [3.05, 3.63) is 95.3 Å². The number of amides is 1. The molecule has 1 aliphatic heterocycles. The lowest BCUT2D eigenvalue weighted by Crippen LogP contribution is -2.41. The summed E-state index contributed by atoms with van der Waals surface area (Å²) in [6, 6.07) is 20.9. The molecule has 5 rings (SSSR count). The van der Waals surface area contributed by atoms with Gasteiger partial charge in [0.05, 0.1) is 5.92 Å². The number of carbonyl (C=O) groups is 2. The summed E-state index contributed by atoms with van der Waals surface area (Å²) in [5.74, 6) is 0.536. The molecule has 0 fully saturated rings. The van der Waals surface area contributed by atoms with E-state index in [4.69, 9.17) is 9.73 Å². The van der Waals surface area contributed by atoms with E-state index in [-0.39, 0.29) is 17.1 Å². The summed E-state index contributed by atoms with van der Waals surface area (Å²) < 4.78 is 6.10. The maximum absolute atomic E-state index is 13.8. The van der Waals surface area contributed by atoms with E-state index in [1.54, 1.807) is 6.20 Å². The van der Waals surface area contributed by atoms with Crippen molar-refractivity contribution in [2.75, 3.05) is 5.32 Å².